The molecular formula is C16H13ClF3NOS. The van der Waals surface area contributed by atoms with Gasteiger partial charge in [-0.2, -0.15) is 13.2 Å². The molecule has 7 heteroatoms. The summed E-state index contributed by atoms with van der Waals surface area (Å²) >= 11 is 6.89. The molecule has 0 aromatic heterocycles. The van der Waals surface area contributed by atoms with E-state index in [0.29, 0.717) is 15.6 Å². The molecule has 0 bridgehead atoms. The number of anilines is 1. The molecule has 122 valence electrons. The van der Waals surface area contributed by atoms with Crippen molar-refractivity contribution in [2.75, 3.05) is 11.1 Å². The number of rotatable bonds is 4. The van der Waals surface area contributed by atoms with Crippen LogP contribution in [-0.2, 0) is 11.0 Å². The number of carbonyl (C=O) groups excluding carboxylic acids is 1. The zero-order valence-corrected chi connectivity index (χ0v) is 13.6. The van der Waals surface area contributed by atoms with Crippen molar-refractivity contribution in [3.05, 3.63) is 58.6 Å². The number of hydrogen-bond donors (Lipinski definition) is 1. The van der Waals surface area contributed by atoms with Crippen LogP contribution >= 0.6 is 23.4 Å². The van der Waals surface area contributed by atoms with Gasteiger partial charge in [0.05, 0.1) is 11.3 Å². The summed E-state index contributed by atoms with van der Waals surface area (Å²) in [6.45, 7) is 1.81. The van der Waals surface area contributed by atoms with Gasteiger partial charge in [-0.15, -0.1) is 11.8 Å². The first-order valence-corrected chi connectivity index (χ1v) is 7.98. The van der Waals surface area contributed by atoms with E-state index in [-0.39, 0.29) is 11.7 Å². The van der Waals surface area contributed by atoms with E-state index < -0.39 is 11.7 Å². The highest BCUT2D eigenvalue weighted by Crippen LogP contribution is 2.32. The summed E-state index contributed by atoms with van der Waals surface area (Å²) in [4.78, 5) is 12.3. The van der Waals surface area contributed by atoms with Crippen molar-refractivity contribution in [1.29, 1.82) is 0 Å². The lowest BCUT2D eigenvalue weighted by molar-refractivity contribution is -0.137. The van der Waals surface area contributed by atoms with Crippen LogP contribution in [-0.4, -0.2) is 11.7 Å². The molecule has 0 unspecified atom stereocenters. The van der Waals surface area contributed by atoms with Gasteiger partial charge >= 0.3 is 6.18 Å². The van der Waals surface area contributed by atoms with Gasteiger partial charge in [0.25, 0.3) is 0 Å². The second kappa shape index (κ2) is 7.27. The Morgan fingerprint density at radius 2 is 1.96 bits per heavy atom. The average Bonchev–Trinajstić information content (AvgIpc) is 2.47. The minimum Gasteiger partial charge on any atom is -0.325 e. The summed E-state index contributed by atoms with van der Waals surface area (Å²) in [7, 11) is 0. The molecular weight excluding hydrogens is 347 g/mol. The third kappa shape index (κ3) is 5.18. The highest BCUT2D eigenvalue weighted by Gasteiger charge is 2.30. The zero-order valence-electron chi connectivity index (χ0n) is 12.1. The fourth-order valence-electron chi connectivity index (χ4n) is 1.86. The number of thioether (sulfide) groups is 1. The number of benzene rings is 2. The van der Waals surface area contributed by atoms with Gasteiger partial charge < -0.3 is 5.32 Å². The molecule has 2 aromatic rings. The SMILES string of the molecule is Cc1cc(Cl)ccc1NC(=O)CSc1cccc(C(F)(F)F)c1. The summed E-state index contributed by atoms with van der Waals surface area (Å²) in [5.74, 6) is -0.276. The lowest BCUT2D eigenvalue weighted by Crippen LogP contribution is -2.14. The fourth-order valence-corrected chi connectivity index (χ4v) is 2.85. The molecule has 23 heavy (non-hydrogen) atoms. The highest BCUT2D eigenvalue weighted by molar-refractivity contribution is 8.00. The van der Waals surface area contributed by atoms with E-state index in [9.17, 15) is 18.0 Å². The van der Waals surface area contributed by atoms with E-state index in [0.717, 1.165) is 29.5 Å². The molecule has 1 amide bonds. The van der Waals surface area contributed by atoms with E-state index >= 15 is 0 Å². The molecule has 0 aliphatic carbocycles. The molecule has 0 aliphatic heterocycles. The predicted molar refractivity (Wildman–Crippen MR) is 87.0 cm³/mol. The molecule has 0 fully saturated rings. The lowest BCUT2D eigenvalue weighted by Gasteiger charge is -2.10. The van der Waals surface area contributed by atoms with Crippen molar-refractivity contribution in [2.24, 2.45) is 0 Å². The van der Waals surface area contributed by atoms with Crippen LogP contribution < -0.4 is 5.32 Å². The number of alkyl halides is 3. The number of nitrogens with one attached hydrogen (secondary N) is 1. The van der Waals surface area contributed by atoms with Crippen LogP contribution in [0.4, 0.5) is 18.9 Å². The molecule has 0 aliphatic rings. The minimum absolute atomic E-state index is 0.0172. The first-order chi connectivity index (χ1) is 10.8. The van der Waals surface area contributed by atoms with E-state index in [1.54, 1.807) is 31.2 Å². The Bertz CT molecular complexity index is 719. The topological polar surface area (TPSA) is 29.1 Å². The van der Waals surface area contributed by atoms with Crippen LogP contribution in [0.3, 0.4) is 0 Å². The van der Waals surface area contributed by atoms with E-state index in [1.165, 1.54) is 6.07 Å². The van der Waals surface area contributed by atoms with Gasteiger partial charge in [0.1, 0.15) is 0 Å². The highest BCUT2D eigenvalue weighted by atomic mass is 35.5. The van der Waals surface area contributed by atoms with Crippen molar-refractivity contribution in [3.8, 4) is 0 Å². The van der Waals surface area contributed by atoms with Crippen molar-refractivity contribution in [1.82, 2.24) is 0 Å². The van der Waals surface area contributed by atoms with Gasteiger partial charge in [0.2, 0.25) is 5.91 Å². The molecule has 0 saturated carbocycles. The average molecular weight is 360 g/mol. The second-order valence-corrected chi connectivity index (χ2v) is 6.31. The monoisotopic (exact) mass is 359 g/mol. The normalized spacial score (nSPS) is 11.3. The van der Waals surface area contributed by atoms with Gasteiger partial charge in [-0.1, -0.05) is 17.7 Å². The Morgan fingerprint density at radius 1 is 1.22 bits per heavy atom. The summed E-state index contributed by atoms with van der Waals surface area (Å²) in [5, 5.41) is 3.28. The summed E-state index contributed by atoms with van der Waals surface area (Å²) in [6.07, 6.45) is -4.39. The van der Waals surface area contributed by atoms with Crippen LogP contribution in [0, 0.1) is 6.92 Å². The fraction of sp³-hybridized carbons (Fsp3) is 0.188. The van der Waals surface area contributed by atoms with Crippen molar-refractivity contribution >= 4 is 35.0 Å². The summed E-state index contributed by atoms with van der Waals surface area (Å²) < 4.78 is 37.9. The molecule has 0 radical (unpaired) electrons. The second-order valence-electron chi connectivity index (χ2n) is 4.82. The number of hydrogen-bond acceptors (Lipinski definition) is 2. The maximum Gasteiger partial charge on any atom is 0.416 e. The zero-order chi connectivity index (χ0) is 17.0. The van der Waals surface area contributed by atoms with Crippen LogP contribution in [0.1, 0.15) is 11.1 Å². The molecule has 0 saturated heterocycles. The van der Waals surface area contributed by atoms with Gasteiger partial charge in [-0.3, -0.25) is 4.79 Å². The van der Waals surface area contributed by atoms with Gasteiger partial charge in [0.15, 0.2) is 0 Å². The Balaban J connectivity index is 1.97. The molecule has 2 aromatic carbocycles. The van der Waals surface area contributed by atoms with E-state index in [4.69, 9.17) is 11.6 Å². The van der Waals surface area contributed by atoms with E-state index in [1.807, 2.05) is 0 Å². The van der Waals surface area contributed by atoms with Gasteiger partial charge in [-0.05, 0) is 48.9 Å². The lowest BCUT2D eigenvalue weighted by atomic mass is 10.2. The maximum atomic E-state index is 12.6. The summed E-state index contributed by atoms with van der Waals surface area (Å²) in [6, 6.07) is 9.96. The third-order valence-corrected chi connectivity index (χ3v) is 4.22. The minimum atomic E-state index is -4.39. The van der Waals surface area contributed by atoms with Crippen LogP contribution in [0.15, 0.2) is 47.4 Å². The first-order valence-electron chi connectivity index (χ1n) is 6.62. The van der Waals surface area contributed by atoms with Crippen LogP contribution in [0.25, 0.3) is 0 Å². The Labute approximate surface area is 141 Å². The number of aryl methyl sites for hydroxylation is 1. The van der Waals surface area contributed by atoms with Crippen molar-refractivity contribution in [3.63, 3.8) is 0 Å². The molecule has 0 heterocycles. The standard InChI is InChI=1S/C16H13ClF3NOS/c1-10-7-12(17)5-6-14(10)21-15(22)9-23-13-4-2-3-11(8-13)16(18,19)20/h2-8H,9H2,1H3,(H,21,22). The Morgan fingerprint density at radius 3 is 2.61 bits per heavy atom. The van der Waals surface area contributed by atoms with Gasteiger partial charge in [-0.25, -0.2) is 0 Å². The van der Waals surface area contributed by atoms with Crippen LogP contribution in [0.2, 0.25) is 5.02 Å². The van der Waals surface area contributed by atoms with Crippen LogP contribution in [0.5, 0.6) is 0 Å². The molecule has 1 N–H and O–H groups in total. The molecule has 2 rings (SSSR count). The smallest absolute Gasteiger partial charge is 0.325 e. The Hall–Kier alpha value is -1.66. The molecule has 0 spiro atoms. The quantitative estimate of drug-likeness (QED) is 0.741. The number of halogens is 4. The summed E-state index contributed by atoms with van der Waals surface area (Å²) in [5.41, 5.74) is 0.718. The maximum absolute atomic E-state index is 12.6. The largest absolute Gasteiger partial charge is 0.416 e. The first kappa shape index (κ1) is 17.7. The van der Waals surface area contributed by atoms with Crippen molar-refractivity contribution in [2.45, 2.75) is 18.0 Å². The Kier molecular flexibility index (Phi) is 5.59. The number of amides is 1. The van der Waals surface area contributed by atoms with Gasteiger partial charge in [0, 0.05) is 15.6 Å². The molecule has 2 nitrogen and oxygen atoms in total. The van der Waals surface area contributed by atoms with Crippen molar-refractivity contribution < 1.29 is 18.0 Å². The molecule has 0 atom stereocenters. The predicted octanol–water partition coefficient (Wildman–Crippen LogP) is 5.40. The number of carbonyl (C=O) groups is 1. The van der Waals surface area contributed by atoms with E-state index in [2.05, 4.69) is 5.32 Å². The third-order valence-electron chi connectivity index (χ3n) is 2.99.